The number of amides is 1. The molecule has 7 heteroatoms. The maximum Gasteiger partial charge on any atom is 0.267 e. The summed E-state index contributed by atoms with van der Waals surface area (Å²) >= 11 is 13.2. The summed E-state index contributed by atoms with van der Waals surface area (Å²) in [4.78, 5) is 17.7. The fourth-order valence-electron chi connectivity index (χ4n) is 1.89. The Bertz CT molecular complexity index is 847. The zero-order valence-corrected chi connectivity index (χ0v) is 12.9. The number of carbonyl (C=O) groups is 1. The molecule has 106 valence electrons. The molecule has 0 saturated carbocycles. The van der Waals surface area contributed by atoms with Gasteiger partial charge in [0.05, 0.1) is 16.4 Å². The van der Waals surface area contributed by atoms with E-state index >= 15 is 0 Å². The molecule has 2 heterocycles. The molecule has 3 rings (SSSR count). The molecule has 0 saturated heterocycles. The molecule has 0 bridgehead atoms. The summed E-state index contributed by atoms with van der Waals surface area (Å²) in [6.07, 6.45) is 1.66. The Morgan fingerprint density at radius 2 is 2.10 bits per heavy atom. The minimum absolute atomic E-state index is 0.334. The summed E-state index contributed by atoms with van der Waals surface area (Å²) < 4.78 is 0. The van der Waals surface area contributed by atoms with Crippen molar-refractivity contribution in [3.63, 3.8) is 0 Å². The highest BCUT2D eigenvalue weighted by Crippen LogP contribution is 2.33. The van der Waals surface area contributed by atoms with Crippen molar-refractivity contribution in [2.75, 3.05) is 11.1 Å². The number of nitrogens with one attached hydrogen (secondary N) is 1. The number of fused-ring (bicyclic) bond motifs is 1. The van der Waals surface area contributed by atoms with Crippen LogP contribution >= 0.6 is 34.5 Å². The van der Waals surface area contributed by atoms with Crippen LogP contribution in [0.25, 0.3) is 10.2 Å². The minimum Gasteiger partial charge on any atom is -0.397 e. The molecule has 1 amide bonds. The van der Waals surface area contributed by atoms with Crippen LogP contribution in [-0.4, -0.2) is 10.9 Å². The molecule has 0 atom stereocenters. The van der Waals surface area contributed by atoms with Crippen molar-refractivity contribution >= 4 is 62.0 Å². The Hall–Kier alpha value is -1.82. The zero-order valence-electron chi connectivity index (χ0n) is 10.6. The molecular weight excluding hydrogens is 329 g/mol. The van der Waals surface area contributed by atoms with Crippen molar-refractivity contribution in [3.8, 4) is 0 Å². The number of hydrogen-bond acceptors (Lipinski definition) is 4. The number of hydrogen-bond donors (Lipinski definition) is 2. The average molecular weight is 338 g/mol. The summed E-state index contributed by atoms with van der Waals surface area (Å²) in [7, 11) is 0. The molecule has 0 spiro atoms. The number of halogens is 2. The van der Waals surface area contributed by atoms with Crippen molar-refractivity contribution in [1.82, 2.24) is 4.98 Å². The monoisotopic (exact) mass is 337 g/mol. The van der Waals surface area contributed by atoms with Crippen LogP contribution in [-0.2, 0) is 0 Å². The Morgan fingerprint density at radius 3 is 2.86 bits per heavy atom. The van der Waals surface area contributed by atoms with E-state index in [0.29, 0.717) is 26.3 Å². The predicted molar refractivity (Wildman–Crippen MR) is 88.4 cm³/mol. The van der Waals surface area contributed by atoms with E-state index in [1.807, 2.05) is 6.07 Å². The summed E-state index contributed by atoms with van der Waals surface area (Å²) in [6, 6.07) is 8.47. The maximum absolute atomic E-state index is 12.4. The predicted octanol–water partition coefficient (Wildman–Crippen LogP) is 4.44. The lowest BCUT2D eigenvalue weighted by molar-refractivity contribution is 0.103. The molecule has 2 aromatic heterocycles. The van der Waals surface area contributed by atoms with Gasteiger partial charge in [-0.05, 0) is 30.3 Å². The van der Waals surface area contributed by atoms with E-state index in [0.717, 1.165) is 10.2 Å². The summed E-state index contributed by atoms with van der Waals surface area (Å²) in [5.41, 5.74) is 6.87. The third-order valence-corrected chi connectivity index (χ3v) is 4.58. The van der Waals surface area contributed by atoms with Crippen LogP contribution in [0.4, 0.5) is 11.4 Å². The number of anilines is 2. The van der Waals surface area contributed by atoms with Gasteiger partial charge < -0.3 is 11.1 Å². The van der Waals surface area contributed by atoms with Crippen molar-refractivity contribution in [2.45, 2.75) is 0 Å². The van der Waals surface area contributed by atoms with Crippen molar-refractivity contribution < 1.29 is 4.79 Å². The Morgan fingerprint density at radius 1 is 1.29 bits per heavy atom. The molecule has 0 fully saturated rings. The molecule has 0 radical (unpaired) electrons. The van der Waals surface area contributed by atoms with Crippen molar-refractivity contribution in [2.24, 2.45) is 0 Å². The van der Waals surface area contributed by atoms with Gasteiger partial charge in [0, 0.05) is 16.6 Å². The van der Waals surface area contributed by atoms with E-state index in [1.54, 1.807) is 30.5 Å². The van der Waals surface area contributed by atoms with Gasteiger partial charge >= 0.3 is 0 Å². The van der Waals surface area contributed by atoms with Crippen LogP contribution in [0.2, 0.25) is 10.0 Å². The van der Waals surface area contributed by atoms with E-state index in [1.165, 1.54) is 11.3 Å². The fourth-order valence-corrected chi connectivity index (χ4v) is 3.19. The second-order valence-electron chi connectivity index (χ2n) is 4.28. The van der Waals surface area contributed by atoms with Gasteiger partial charge in [-0.15, -0.1) is 11.3 Å². The van der Waals surface area contributed by atoms with Gasteiger partial charge in [-0.3, -0.25) is 4.79 Å². The molecule has 4 nitrogen and oxygen atoms in total. The molecule has 3 aromatic rings. The van der Waals surface area contributed by atoms with Gasteiger partial charge in [-0.25, -0.2) is 4.98 Å². The zero-order chi connectivity index (χ0) is 15.0. The normalized spacial score (nSPS) is 10.8. The average Bonchev–Trinajstić information content (AvgIpc) is 2.81. The molecular formula is C14H9Cl2N3OS. The fraction of sp³-hybridized carbons (Fsp3) is 0. The van der Waals surface area contributed by atoms with E-state index < -0.39 is 0 Å². The number of carbonyl (C=O) groups excluding carboxylic acids is 1. The third-order valence-electron chi connectivity index (χ3n) is 2.89. The number of aromatic nitrogens is 1. The van der Waals surface area contributed by atoms with Gasteiger partial charge in [0.1, 0.15) is 9.71 Å². The Kier molecular flexibility index (Phi) is 3.71. The van der Waals surface area contributed by atoms with Crippen LogP contribution in [0.15, 0.2) is 36.5 Å². The first-order valence-electron chi connectivity index (χ1n) is 5.95. The van der Waals surface area contributed by atoms with E-state index in [4.69, 9.17) is 28.9 Å². The lowest BCUT2D eigenvalue weighted by Gasteiger charge is -2.07. The van der Waals surface area contributed by atoms with Crippen LogP contribution in [0.5, 0.6) is 0 Å². The smallest absolute Gasteiger partial charge is 0.267 e. The Labute approximate surface area is 134 Å². The lowest BCUT2D eigenvalue weighted by atomic mass is 10.2. The standard InChI is InChI=1S/C14H9Cl2N3OS/c15-7-3-4-9(16)10(6-7)19-13(20)12-11(17)8-2-1-5-18-14(8)21-12/h1-6H,17H2,(H,19,20). The molecule has 21 heavy (non-hydrogen) atoms. The first-order valence-corrected chi connectivity index (χ1v) is 7.53. The van der Waals surface area contributed by atoms with Crippen LogP contribution in [0, 0.1) is 0 Å². The molecule has 3 N–H and O–H groups in total. The number of nitrogen functional groups attached to an aromatic ring is 1. The number of thiophene rings is 1. The summed E-state index contributed by atoms with van der Waals surface area (Å²) in [5, 5.41) is 4.38. The lowest BCUT2D eigenvalue weighted by Crippen LogP contribution is -2.12. The molecule has 0 unspecified atom stereocenters. The van der Waals surface area contributed by atoms with Crippen LogP contribution in [0.1, 0.15) is 9.67 Å². The van der Waals surface area contributed by atoms with E-state index in [9.17, 15) is 4.79 Å². The van der Waals surface area contributed by atoms with Gasteiger partial charge in [-0.2, -0.15) is 0 Å². The second-order valence-corrected chi connectivity index (χ2v) is 6.12. The highest BCUT2D eigenvalue weighted by Gasteiger charge is 2.17. The van der Waals surface area contributed by atoms with Gasteiger partial charge in [0.25, 0.3) is 5.91 Å². The first kappa shape index (κ1) is 14.1. The highest BCUT2D eigenvalue weighted by molar-refractivity contribution is 7.21. The minimum atomic E-state index is -0.334. The molecule has 0 aliphatic rings. The number of pyridine rings is 1. The van der Waals surface area contributed by atoms with Crippen molar-refractivity contribution in [3.05, 3.63) is 51.5 Å². The van der Waals surface area contributed by atoms with E-state index in [2.05, 4.69) is 10.3 Å². The van der Waals surface area contributed by atoms with Gasteiger partial charge in [0.2, 0.25) is 0 Å². The highest BCUT2D eigenvalue weighted by atomic mass is 35.5. The van der Waals surface area contributed by atoms with Gasteiger partial charge in [0.15, 0.2) is 0 Å². The SMILES string of the molecule is Nc1c(C(=O)Nc2cc(Cl)ccc2Cl)sc2ncccc12. The molecule has 1 aromatic carbocycles. The van der Waals surface area contributed by atoms with Crippen molar-refractivity contribution in [1.29, 1.82) is 0 Å². The summed E-state index contributed by atoms with van der Waals surface area (Å²) in [5.74, 6) is -0.334. The maximum atomic E-state index is 12.4. The third kappa shape index (κ3) is 2.68. The number of nitrogens with two attached hydrogens (primary N) is 1. The topological polar surface area (TPSA) is 68.0 Å². The number of nitrogens with zero attached hydrogens (tertiary/aromatic N) is 1. The summed E-state index contributed by atoms with van der Waals surface area (Å²) in [6.45, 7) is 0. The van der Waals surface area contributed by atoms with Crippen LogP contribution in [0.3, 0.4) is 0 Å². The molecule has 0 aliphatic carbocycles. The number of benzene rings is 1. The van der Waals surface area contributed by atoms with E-state index in [-0.39, 0.29) is 5.91 Å². The molecule has 0 aliphatic heterocycles. The first-order chi connectivity index (χ1) is 10.1. The quantitative estimate of drug-likeness (QED) is 0.726. The number of rotatable bonds is 2. The largest absolute Gasteiger partial charge is 0.397 e. The second kappa shape index (κ2) is 5.52. The van der Waals surface area contributed by atoms with Gasteiger partial charge in [-0.1, -0.05) is 23.2 Å². The Balaban J connectivity index is 1.97. The van der Waals surface area contributed by atoms with Crippen LogP contribution < -0.4 is 11.1 Å².